The van der Waals surface area contributed by atoms with Gasteiger partial charge in [0, 0.05) is 5.69 Å². The van der Waals surface area contributed by atoms with Crippen molar-refractivity contribution in [1.29, 1.82) is 0 Å². The summed E-state index contributed by atoms with van der Waals surface area (Å²) in [6.45, 7) is 2.20. The van der Waals surface area contributed by atoms with E-state index in [0.29, 0.717) is 15.8 Å². The van der Waals surface area contributed by atoms with E-state index in [1.54, 1.807) is 37.4 Å². The van der Waals surface area contributed by atoms with Crippen molar-refractivity contribution in [2.24, 2.45) is 0 Å². The molecular formula is C12H13ClN2O2S2. The van der Waals surface area contributed by atoms with Crippen molar-refractivity contribution in [3.63, 3.8) is 0 Å². The molecule has 1 aromatic heterocycles. The topological polar surface area (TPSA) is 59.1 Å². The zero-order chi connectivity index (χ0) is 13.9. The zero-order valence-corrected chi connectivity index (χ0v) is 12.6. The molecule has 2 aromatic rings. The highest BCUT2D eigenvalue weighted by Crippen LogP contribution is 2.20. The monoisotopic (exact) mass is 316 g/mol. The number of benzene rings is 1. The zero-order valence-electron chi connectivity index (χ0n) is 10.3. The molecule has 1 heterocycles. The van der Waals surface area contributed by atoms with Crippen LogP contribution in [0.2, 0.25) is 4.34 Å². The molecule has 0 atom stereocenters. The number of anilines is 1. The summed E-state index contributed by atoms with van der Waals surface area (Å²) in [5, 5.41) is 4.05. The number of hydrogen-bond acceptors (Lipinski definition) is 5. The third-order valence-corrected chi connectivity index (χ3v) is 5.43. The summed E-state index contributed by atoms with van der Waals surface area (Å²) >= 11 is 7.20. The van der Waals surface area contributed by atoms with Crippen LogP contribution in [-0.4, -0.2) is 19.2 Å². The number of thiazole rings is 1. The first-order chi connectivity index (χ1) is 9.01. The number of sulfone groups is 1. The minimum atomic E-state index is -3.13. The number of nitrogens with one attached hydrogen (secondary N) is 1. The average Bonchev–Trinajstić information content (AvgIpc) is 2.83. The highest BCUT2D eigenvalue weighted by molar-refractivity contribution is 7.91. The first kappa shape index (κ1) is 14.3. The maximum Gasteiger partial charge on any atom is 0.178 e. The standard InChI is InChI=1S/C12H13ClN2O2S2/c1-2-19(16,17)10-5-3-9(4-6-10)14-8-12-15-7-11(13)18-12/h3-7,14H,2,8H2,1H3. The predicted molar refractivity (Wildman–Crippen MR) is 78.6 cm³/mol. The van der Waals surface area contributed by atoms with Crippen LogP contribution in [0.5, 0.6) is 0 Å². The molecule has 0 aliphatic carbocycles. The fourth-order valence-corrected chi connectivity index (χ4v) is 3.27. The molecule has 0 aliphatic heterocycles. The summed E-state index contributed by atoms with van der Waals surface area (Å²) in [6, 6.07) is 6.71. The van der Waals surface area contributed by atoms with Crippen LogP contribution in [0.1, 0.15) is 11.9 Å². The lowest BCUT2D eigenvalue weighted by Crippen LogP contribution is -2.04. The van der Waals surface area contributed by atoms with Gasteiger partial charge in [0.25, 0.3) is 0 Å². The van der Waals surface area contributed by atoms with Gasteiger partial charge >= 0.3 is 0 Å². The van der Waals surface area contributed by atoms with Gasteiger partial charge in [-0.2, -0.15) is 0 Å². The van der Waals surface area contributed by atoms with Crippen molar-refractivity contribution in [2.45, 2.75) is 18.4 Å². The van der Waals surface area contributed by atoms with Gasteiger partial charge < -0.3 is 5.32 Å². The molecule has 19 heavy (non-hydrogen) atoms. The van der Waals surface area contributed by atoms with Crippen LogP contribution >= 0.6 is 22.9 Å². The Morgan fingerprint density at radius 2 is 2.00 bits per heavy atom. The smallest absolute Gasteiger partial charge is 0.178 e. The van der Waals surface area contributed by atoms with Gasteiger partial charge in [-0.3, -0.25) is 0 Å². The highest BCUT2D eigenvalue weighted by Gasteiger charge is 2.10. The summed E-state index contributed by atoms with van der Waals surface area (Å²) in [7, 11) is -3.13. The third-order valence-electron chi connectivity index (χ3n) is 2.56. The fourth-order valence-electron chi connectivity index (χ4n) is 1.49. The van der Waals surface area contributed by atoms with Crippen molar-refractivity contribution in [1.82, 2.24) is 4.98 Å². The Morgan fingerprint density at radius 3 is 2.53 bits per heavy atom. The average molecular weight is 317 g/mol. The fraction of sp³-hybridized carbons (Fsp3) is 0.250. The van der Waals surface area contributed by atoms with E-state index in [4.69, 9.17) is 11.6 Å². The summed E-state index contributed by atoms with van der Waals surface area (Å²) in [5.41, 5.74) is 0.848. The van der Waals surface area contributed by atoms with E-state index in [1.165, 1.54) is 11.3 Å². The molecule has 0 unspecified atom stereocenters. The summed E-state index contributed by atoms with van der Waals surface area (Å²) < 4.78 is 24.0. The molecule has 0 bridgehead atoms. The van der Waals surface area contributed by atoms with Gasteiger partial charge in [-0.05, 0) is 24.3 Å². The van der Waals surface area contributed by atoms with Crippen molar-refractivity contribution in [3.8, 4) is 0 Å². The van der Waals surface area contributed by atoms with Crippen LogP contribution in [0.4, 0.5) is 5.69 Å². The maximum atomic E-state index is 11.7. The third kappa shape index (κ3) is 3.68. The van der Waals surface area contributed by atoms with Gasteiger partial charge in [0.05, 0.1) is 23.4 Å². The quantitative estimate of drug-likeness (QED) is 0.920. The van der Waals surface area contributed by atoms with Crippen molar-refractivity contribution in [2.75, 3.05) is 11.1 Å². The van der Waals surface area contributed by atoms with Gasteiger partial charge in [-0.25, -0.2) is 13.4 Å². The second kappa shape index (κ2) is 5.90. The van der Waals surface area contributed by atoms with Gasteiger partial charge in [0.2, 0.25) is 0 Å². The molecule has 0 fully saturated rings. The molecule has 0 radical (unpaired) electrons. The Morgan fingerprint density at radius 1 is 1.32 bits per heavy atom. The molecular weight excluding hydrogens is 304 g/mol. The molecule has 2 rings (SSSR count). The Bertz CT molecular complexity index is 651. The second-order valence-corrected chi connectivity index (χ2v) is 7.86. The number of nitrogens with zero attached hydrogens (tertiary/aromatic N) is 1. The van der Waals surface area contributed by atoms with Crippen LogP contribution in [0.3, 0.4) is 0 Å². The van der Waals surface area contributed by atoms with E-state index >= 15 is 0 Å². The molecule has 0 aliphatic rings. The number of rotatable bonds is 5. The maximum absolute atomic E-state index is 11.7. The Hall–Kier alpha value is -1.11. The lowest BCUT2D eigenvalue weighted by atomic mass is 10.3. The molecule has 0 spiro atoms. The van der Waals surface area contributed by atoms with Crippen LogP contribution in [0, 0.1) is 0 Å². The van der Waals surface area contributed by atoms with Crippen LogP contribution in [-0.2, 0) is 16.4 Å². The SMILES string of the molecule is CCS(=O)(=O)c1ccc(NCc2ncc(Cl)s2)cc1. The van der Waals surface area contributed by atoms with E-state index < -0.39 is 9.84 Å². The van der Waals surface area contributed by atoms with Crippen molar-refractivity contribution in [3.05, 3.63) is 39.8 Å². The molecule has 7 heteroatoms. The van der Waals surface area contributed by atoms with Crippen LogP contribution < -0.4 is 5.32 Å². The minimum absolute atomic E-state index is 0.109. The second-order valence-electron chi connectivity index (χ2n) is 3.84. The largest absolute Gasteiger partial charge is 0.379 e. The molecule has 102 valence electrons. The summed E-state index contributed by atoms with van der Waals surface area (Å²) in [5.74, 6) is 0.109. The molecule has 4 nitrogen and oxygen atoms in total. The predicted octanol–water partition coefficient (Wildman–Crippen LogP) is 3.20. The first-order valence-electron chi connectivity index (χ1n) is 5.68. The van der Waals surface area contributed by atoms with E-state index in [0.717, 1.165) is 10.7 Å². The summed E-state index contributed by atoms with van der Waals surface area (Å²) in [6.07, 6.45) is 1.61. The van der Waals surface area contributed by atoms with Crippen LogP contribution in [0.25, 0.3) is 0 Å². The van der Waals surface area contributed by atoms with Crippen molar-refractivity contribution < 1.29 is 8.42 Å². The van der Waals surface area contributed by atoms with E-state index in [-0.39, 0.29) is 5.75 Å². The number of hydrogen-bond donors (Lipinski definition) is 1. The number of aromatic nitrogens is 1. The summed E-state index contributed by atoms with van der Waals surface area (Å²) in [4.78, 5) is 4.47. The van der Waals surface area contributed by atoms with Crippen LogP contribution in [0.15, 0.2) is 35.4 Å². The van der Waals surface area contributed by atoms with E-state index in [9.17, 15) is 8.42 Å². The number of halogens is 1. The minimum Gasteiger partial charge on any atom is -0.379 e. The molecule has 1 aromatic carbocycles. The van der Waals surface area contributed by atoms with E-state index in [1.807, 2.05) is 0 Å². The van der Waals surface area contributed by atoms with Gasteiger partial charge in [0.15, 0.2) is 9.84 Å². The van der Waals surface area contributed by atoms with Gasteiger partial charge in [-0.15, -0.1) is 11.3 Å². The first-order valence-corrected chi connectivity index (χ1v) is 8.53. The normalized spacial score (nSPS) is 11.5. The Balaban J connectivity index is 2.03. The Kier molecular flexibility index (Phi) is 4.44. The van der Waals surface area contributed by atoms with Crippen molar-refractivity contribution >= 4 is 38.5 Å². The molecule has 0 saturated heterocycles. The Labute approximate surface area is 121 Å². The lowest BCUT2D eigenvalue weighted by Gasteiger charge is -2.06. The van der Waals surface area contributed by atoms with E-state index in [2.05, 4.69) is 10.3 Å². The van der Waals surface area contributed by atoms with Gasteiger partial charge in [-0.1, -0.05) is 18.5 Å². The highest BCUT2D eigenvalue weighted by atomic mass is 35.5. The van der Waals surface area contributed by atoms with Gasteiger partial charge in [0.1, 0.15) is 9.34 Å². The molecule has 0 amide bonds. The molecule has 1 N–H and O–H groups in total. The lowest BCUT2D eigenvalue weighted by molar-refractivity contribution is 0.597. The molecule has 0 saturated carbocycles.